The van der Waals surface area contributed by atoms with Crippen molar-refractivity contribution >= 4 is 0 Å². The van der Waals surface area contributed by atoms with Gasteiger partial charge in [0.25, 0.3) is 0 Å². The first-order valence-electron chi connectivity index (χ1n) is 7.82. The minimum Gasteiger partial charge on any atom is -0.508 e. The van der Waals surface area contributed by atoms with Crippen molar-refractivity contribution in [3.05, 3.63) is 84.4 Å². The number of ether oxygens (including phenoxy) is 1. The van der Waals surface area contributed by atoms with Crippen molar-refractivity contribution in [1.29, 1.82) is 0 Å². The second-order valence-electron chi connectivity index (χ2n) is 5.62. The lowest BCUT2D eigenvalue weighted by Crippen LogP contribution is -2.15. The molecule has 0 heterocycles. The molecule has 2 heteroatoms. The highest BCUT2D eigenvalue weighted by Crippen LogP contribution is 2.31. The molecule has 3 aromatic carbocycles. The topological polar surface area (TPSA) is 29.5 Å². The minimum absolute atomic E-state index is 0.0341. The quantitative estimate of drug-likeness (QED) is 0.713. The van der Waals surface area contributed by atoms with Gasteiger partial charge in [-0.1, -0.05) is 66.7 Å². The normalized spacial score (nSPS) is 11.9. The molecule has 0 saturated carbocycles. The molecular weight excluding hydrogens is 284 g/mol. The molecule has 3 aromatic rings. The van der Waals surface area contributed by atoms with Gasteiger partial charge in [0.1, 0.15) is 17.6 Å². The first-order chi connectivity index (χ1) is 11.2. The van der Waals surface area contributed by atoms with E-state index < -0.39 is 0 Å². The van der Waals surface area contributed by atoms with Crippen molar-refractivity contribution in [2.24, 2.45) is 0 Å². The van der Waals surface area contributed by atoms with Crippen LogP contribution in [0.4, 0.5) is 0 Å². The molecule has 0 spiro atoms. The van der Waals surface area contributed by atoms with Crippen LogP contribution in [0.1, 0.15) is 12.5 Å². The van der Waals surface area contributed by atoms with Gasteiger partial charge in [0.15, 0.2) is 0 Å². The molecule has 0 aliphatic carbocycles. The summed E-state index contributed by atoms with van der Waals surface area (Å²) in [6, 6.07) is 25.7. The number of benzene rings is 3. The highest BCUT2D eigenvalue weighted by Gasteiger charge is 2.11. The maximum atomic E-state index is 9.90. The van der Waals surface area contributed by atoms with E-state index in [2.05, 4.69) is 18.2 Å². The second-order valence-corrected chi connectivity index (χ2v) is 5.62. The van der Waals surface area contributed by atoms with Crippen LogP contribution >= 0.6 is 0 Å². The van der Waals surface area contributed by atoms with Crippen LogP contribution in [0.25, 0.3) is 11.1 Å². The van der Waals surface area contributed by atoms with Gasteiger partial charge in [0, 0.05) is 12.0 Å². The summed E-state index contributed by atoms with van der Waals surface area (Å²) in [6.07, 6.45) is 0.628. The molecule has 0 amide bonds. The van der Waals surface area contributed by atoms with E-state index in [0.29, 0.717) is 12.2 Å². The number of phenolic OH excluding ortho intramolecular Hbond substituents is 1. The van der Waals surface area contributed by atoms with E-state index in [4.69, 9.17) is 4.74 Å². The van der Waals surface area contributed by atoms with Crippen LogP contribution in [-0.2, 0) is 6.42 Å². The Kier molecular flexibility index (Phi) is 4.62. The molecule has 0 aliphatic rings. The van der Waals surface area contributed by atoms with Gasteiger partial charge in [-0.15, -0.1) is 0 Å². The van der Waals surface area contributed by atoms with Gasteiger partial charge >= 0.3 is 0 Å². The average Bonchev–Trinajstić information content (AvgIpc) is 2.58. The summed E-state index contributed by atoms with van der Waals surface area (Å²) in [6.45, 7) is 2.02. The van der Waals surface area contributed by atoms with Crippen LogP contribution < -0.4 is 4.74 Å². The van der Waals surface area contributed by atoms with Crippen molar-refractivity contribution in [3.8, 4) is 22.6 Å². The smallest absolute Gasteiger partial charge is 0.127 e. The van der Waals surface area contributed by atoms with E-state index in [-0.39, 0.29) is 6.10 Å². The lowest BCUT2D eigenvalue weighted by molar-refractivity contribution is 0.222. The SMILES string of the molecule is CC(Cc1ccccc1O)Oc1ccccc1-c1ccccc1. The largest absolute Gasteiger partial charge is 0.508 e. The standard InChI is InChI=1S/C21H20O2/c1-16(15-18-11-5-7-13-20(18)22)23-21-14-8-6-12-19(21)17-9-3-2-4-10-17/h2-14,16,22H,15H2,1H3. The summed E-state index contributed by atoms with van der Waals surface area (Å²) >= 11 is 0. The first-order valence-corrected chi connectivity index (χ1v) is 7.82. The summed E-state index contributed by atoms with van der Waals surface area (Å²) in [7, 11) is 0. The molecule has 3 rings (SSSR count). The van der Waals surface area contributed by atoms with E-state index >= 15 is 0 Å². The van der Waals surface area contributed by atoms with E-state index in [1.54, 1.807) is 6.07 Å². The molecule has 23 heavy (non-hydrogen) atoms. The molecule has 0 radical (unpaired) electrons. The Bertz CT molecular complexity index is 766. The number of phenols is 1. The van der Waals surface area contributed by atoms with Crippen molar-refractivity contribution < 1.29 is 9.84 Å². The van der Waals surface area contributed by atoms with Gasteiger partial charge in [-0.25, -0.2) is 0 Å². The van der Waals surface area contributed by atoms with Crippen LogP contribution in [0.3, 0.4) is 0 Å². The van der Waals surface area contributed by atoms with Crippen LogP contribution in [0.15, 0.2) is 78.9 Å². The maximum absolute atomic E-state index is 9.90. The molecule has 0 aliphatic heterocycles. The number of hydrogen-bond acceptors (Lipinski definition) is 2. The first kappa shape index (κ1) is 15.2. The van der Waals surface area contributed by atoms with E-state index in [1.165, 1.54) is 0 Å². The predicted molar refractivity (Wildman–Crippen MR) is 93.8 cm³/mol. The van der Waals surface area contributed by atoms with Gasteiger partial charge in [0.05, 0.1) is 0 Å². The fourth-order valence-electron chi connectivity index (χ4n) is 2.68. The fourth-order valence-corrected chi connectivity index (χ4v) is 2.68. The van der Waals surface area contributed by atoms with Crippen molar-refractivity contribution in [2.45, 2.75) is 19.4 Å². The van der Waals surface area contributed by atoms with Crippen LogP contribution in [0.5, 0.6) is 11.5 Å². The third-order valence-corrected chi connectivity index (χ3v) is 3.80. The summed E-state index contributed by atoms with van der Waals surface area (Å²) in [5.41, 5.74) is 3.12. The Hall–Kier alpha value is -2.74. The summed E-state index contributed by atoms with van der Waals surface area (Å²) in [5, 5.41) is 9.90. The van der Waals surface area contributed by atoms with Crippen molar-refractivity contribution in [2.75, 3.05) is 0 Å². The summed E-state index contributed by atoms with van der Waals surface area (Å²) in [5.74, 6) is 1.18. The molecule has 2 nitrogen and oxygen atoms in total. The monoisotopic (exact) mass is 304 g/mol. The third-order valence-electron chi connectivity index (χ3n) is 3.80. The van der Waals surface area contributed by atoms with E-state index in [9.17, 15) is 5.11 Å². The van der Waals surface area contributed by atoms with Crippen molar-refractivity contribution in [3.63, 3.8) is 0 Å². The van der Waals surface area contributed by atoms with E-state index in [1.807, 2.05) is 61.5 Å². The zero-order valence-electron chi connectivity index (χ0n) is 13.1. The molecule has 1 N–H and O–H groups in total. The van der Waals surface area contributed by atoms with Crippen LogP contribution in [0.2, 0.25) is 0 Å². The Labute approximate surface area is 137 Å². The Morgan fingerprint density at radius 1 is 0.826 bits per heavy atom. The summed E-state index contributed by atoms with van der Waals surface area (Å²) in [4.78, 5) is 0. The summed E-state index contributed by atoms with van der Waals surface area (Å²) < 4.78 is 6.15. The van der Waals surface area contributed by atoms with Crippen LogP contribution in [-0.4, -0.2) is 11.2 Å². The molecule has 0 bridgehead atoms. The molecule has 1 unspecified atom stereocenters. The second kappa shape index (κ2) is 7.01. The highest BCUT2D eigenvalue weighted by molar-refractivity contribution is 5.70. The van der Waals surface area contributed by atoms with Gasteiger partial charge in [-0.05, 0) is 30.2 Å². The number of para-hydroxylation sites is 2. The zero-order valence-corrected chi connectivity index (χ0v) is 13.1. The number of rotatable bonds is 5. The fraction of sp³-hybridized carbons (Fsp3) is 0.143. The lowest BCUT2D eigenvalue weighted by atomic mass is 10.0. The van der Waals surface area contributed by atoms with E-state index in [0.717, 1.165) is 22.4 Å². The maximum Gasteiger partial charge on any atom is 0.127 e. The average molecular weight is 304 g/mol. The molecule has 1 atom stereocenters. The Balaban J connectivity index is 1.79. The zero-order chi connectivity index (χ0) is 16.1. The van der Waals surface area contributed by atoms with Gasteiger partial charge in [0.2, 0.25) is 0 Å². The molecule has 116 valence electrons. The van der Waals surface area contributed by atoms with Gasteiger partial charge in [-0.2, -0.15) is 0 Å². The van der Waals surface area contributed by atoms with Gasteiger partial charge < -0.3 is 9.84 Å². The van der Waals surface area contributed by atoms with Crippen molar-refractivity contribution in [1.82, 2.24) is 0 Å². The lowest BCUT2D eigenvalue weighted by Gasteiger charge is -2.18. The number of aromatic hydroxyl groups is 1. The molecule has 0 aromatic heterocycles. The Morgan fingerprint density at radius 2 is 1.48 bits per heavy atom. The molecule has 0 fully saturated rings. The Morgan fingerprint density at radius 3 is 2.26 bits per heavy atom. The third kappa shape index (κ3) is 3.72. The minimum atomic E-state index is -0.0341. The molecular formula is C21H20O2. The van der Waals surface area contributed by atoms with Gasteiger partial charge in [-0.3, -0.25) is 0 Å². The number of hydrogen-bond donors (Lipinski definition) is 1. The predicted octanol–water partition coefficient (Wildman–Crippen LogP) is 5.07. The van der Waals surface area contributed by atoms with Crippen LogP contribution in [0, 0.1) is 0 Å². The highest BCUT2D eigenvalue weighted by atomic mass is 16.5. The molecule has 0 saturated heterocycles.